The molecule has 1 aliphatic heterocycles. The van der Waals surface area contributed by atoms with Gasteiger partial charge in [0, 0.05) is 13.5 Å². The third-order valence-electron chi connectivity index (χ3n) is 3.89. The number of methoxy groups -OCH3 is 1. The molecular formula is C16H16F3N3O3. The Balaban J connectivity index is 1.78. The first-order chi connectivity index (χ1) is 11.9. The van der Waals surface area contributed by atoms with Crippen molar-refractivity contribution in [2.24, 2.45) is 0 Å². The van der Waals surface area contributed by atoms with Crippen molar-refractivity contribution in [3.8, 4) is 0 Å². The second-order valence-corrected chi connectivity index (χ2v) is 5.87. The van der Waals surface area contributed by atoms with Crippen LogP contribution >= 0.6 is 0 Å². The number of hydrogen-bond donors (Lipinski definition) is 0. The van der Waals surface area contributed by atoms with E-state index in [4.69, 9.17) is 9.15 Å². The minimum Gasteiger partial charge on any atom is -0.420 e. The molecule has 0 aliphatic carbocycles. The lowest BCUT2D eigenvalue weighted by atomic mass is 10.1. The third-order valence-corrected chi connectivity index (χ3v) is 3.89. The molecule has 6 nitrogen and oxygen atoms in total. The molecule has 1 saturated heterocycles. The average Bonchev–Trinajstić information content (AvgIpc) is 3.14. The van der Waals surface area contributed by atoms with Crippen LogP contribution in [0.1, 0.15) is 29.8 Å². The maximum atomic E-state index is 13.9. The Morgan fingerprint density at radius 1 is 1.36 bits per heavy atom. The zero-order valence-electron chi connectivity index (χ0n) is 13.4. The summed E-state index contributed by atoms with van der Waals surface area (Å²) in [5.41, 5.74) is 0.533. The van der Waals surface area contributed by atoms with Crippen molar-refractivity contribution >= 4 is 5.91 Å². The molecule has 1 amide bonds. The zero-order valence-corrected chi connectivity index (χ0v) is 13.4. The van der Waals surface area contributed by atoms with Crippen LogP contribution in [0, 0.1) is 5.82 Å². The number of amides is 1. The summed E-state index contributed by atoms with van der Waals surface area (Å²) in [4.78, 5) is 13.5. The Morgan fingerprint density at radius 3 is 2.76 bits per heavy atom. The molecule has 134 valence electrons. The fourth-order valence-electron chi connectivity index (χ4n) is 2.76. The predicted octanol–water partition coefficient (Wildman–Crippen LogP) is 2.51. The van der Waals surface area contributed by atoms with Gasteiger partial charge >= 0.3 is 0 Å². The van der Waals surface area contributed by atoms with E-state index in [9.17, 15) is 18.0 Å². The van der Waals surface area contributed by atoms with Crippen molar-refractivity contribution in [1.82, 2.24) is 15.1 Å². The van der Waals surface area contributed by atoms with Crippen molar-refractivity contribution in [1.29, 1.82) is 0 Å². The van der Waals surface area contributed by atoms with Gasteiger partial charge in [-0.15, -0.1) is 10.2 Å². The van der Waals surface area contributed by atoms with E-state index in [1.165, 1.54) is 31.4 Å². The number of ether oxygens (including phenoxy) is 1. The number of hydrogen-bond acceptors (Lipinski definition) is 5. The number of likely N-dealkylation sites (tertiary alicyclic amines) is 1. The molecule has 1 fully saturated rings. The summed E-state index contributed by atoms with van der Waals surface area (Å²) in [6.45, 7) is -0.667. The average molecular weight is 355 g/mol. The molecule has 1 atom stereocenters. The minimum absolute atomic E-state index is 0.0447. The molecule has 25 heavy (non-hydrogen) atoms. The van der Waals surface area contributed by atoms with Gasteiger partial charge in [0.05, 0.1) is 13.0 Å². The normalized spacial score (nSPS) is 19.4. The van der Waals surface area contributed by atoms with Gasteiger partial charge in [-0.05, 0) is 17.7 Å². The van der Waals surface area contributed by atoms with Crippen LogP contribution < -0.4 is 0 Å². The monoisotopic (exact) mass is 355 g/mol. The van der Waals surface area contributed by atoms with E-state index in [2.05, 4.69) is 10.2 Å². The van der Waals surface area contributed by atoms with Crippen LogP contribution in [-0.2, 0) is 22.6 Å². The smallest absolute Gasteiger partial charge is 0.267 e. The van der Waals surface area contributed by atoms with Gasteiger partial charge in [-0.25, -0.2) is 13.2 Å². The van der Waals surface area contributed by atoms with Crippen LogP contribution in [0.5, 0.6) is 0 Å². The van der Waals surface area contributed by atoms with Crippen molar-refractivity contribution in [3.63, 3.8) is 0 Å². The number of nitrogens with zero attached hydrogens (tertiary/aromatic N) is 3. The zero-order chi connectivity index (χ0) is 18.0. The second kappa shape index (κ2) is 6.83. The number of aromatic nitrogens is 2. The predicted molar refractivity (Wildman–Crippen MR) is 79.1 cm³/mol. The first-order valence-corrected chi connectivity index (χ1v) is 7.61. The highest BCUT2D eigenvalue weighted by atomic mass is 19.3. The maximum absolute atomic E-state index is 13.9. The summed E-state index contributed by atoms with van der Waals surface area (Å²) in [6, 6.07) is 4.32. The lowest BCUT2D eigenvalue weighted by Crippen LogP contribution is -2.34. The molecule has 0 radical (unpaired) electrons. The van der Waals surface area contributed by atoms with E-state index in [0.717, 1.165) is 4.90 Å². The number of benzene rings is 1. The summed E-state index contributed by atoms with van der Waals surface area (Å²) in [5, 5.41) is 7.48. The summed E-state index contributed by atoms with van der Waals surface area (Å²) < 4.78 is 50.9. The van der Waals surface area contributed by atoms with Crippen molar-refractivity contribution in [2.75, 3.05) is 13.7 Å². The van der Waals surface area contributed by atoms with Crippen molar-refractivity contribution in [3.05, 3.63) is 47.4 Å². The van der Waals surface area contributed by atoms with Gasteiger partial charge in [0.1, 0.15) is 18.5 Å². The molecule has 1 aromatic heterocycles. The Kier molecular flexibility index (Phi) is 4.76. The van der Waals surface area contributed by atoms with Crippen LogP contribution in [0.25, 0.3) is 0 Å². The lowest BCUT2D eigenvalue weighted by molar-refractivity contribution is -0.133. The molecule has 0 unspecified atom stereocenters. The van der Waals surface area contributed by atoms with E-state index < -0.39 is 36.7 Å². The number of rotatable bonds is 5. The maximum Gasteiger partial charge on any atom is 0.267 e. The minimum atomic E-state index is -3.04. The Morgan fingerprint density at radius 2 is 2.08 bits per heavy atom. The highest BCUT2D eigenvalue weighted by Gasteiger charge is 2.49. The highest BCUT2D eigenvalue weighted by molar-refractivity contribution is 5.79. The van der Waals surface area contributed by atoms with E-state index >= 15 is 0 Å². The Hall–Kier alpha value is -2.42. The first-order valence-electron chi connectivity index (χ1n) is 7.61. The van der Waals surface area contributed by atoms with Crippen molar-refractivity contribution < 1.29 is 27.1 Å². The lowest BCUT2D eigenvalue weighted by Gasteiger charge is -2.21. The van der Waals surface area contributed by atoms with Gasteiger partial charge < -0.3 is 14.1 Å². The Bertz CT molecular complexity index is 749. The first kappa shape index (κ1) is 17.4. The summed E-state index contributed by atoms with van der Waals surface area (Å²) in [6.07, 6.45) is -0.706. The van der Waals surface area contributed by atoms with Crippen LogP contribution in [0.4, 0.5) is 13.2 Å². The van der Waals surface area contributed by atoms with Crippen molar-refractivity contribution in [2.45, 2.75) is 31.4 Å². The number of carbonyl (C=O) groups excluding carboxylic acids is 1. The molecule has 1 aromatic carbocycles. The SMILES string of the molecule is COCc1nnc([C@@H]2CC(F)(F)CN2C(=O)Cc2ccc(F)cc2)o1. The van der Waals surface area contributed by atoms with Gasteiger partial charge in [0.25, 0.3) is 5.92 Å². The second-order valence-electron chi connectivity index (χ2n) is 5.87. The Labute approximate surface area is 141 Å². The van der Waals surface area contributed by atoms with E-state index in [1.807, 2.05) is 0 Å². The molecule has 0 spiro atoms. The van der Waals surface area contributed by atoms with Gasteiger partial charge in [-0.3, -0.25) is 4.79 Å². The summed E-state index contributed by atoms with van der Waals surface area (Å²) in [7, 11) is 1.44. The molecule has 0 saturated carbocycles. The van der Waals surface area contributed by atoms with E-state index in [-0.39, 0.29) is 24.8 Å². The summed E-state index contributed by atoms with van der Waals surface area (Å²) in [5.74, 6) is -3.88. The van der Waals surface area contributed by atoms with Crippen LogP contribution in [0.3, 0.4) is 0 Å². The van der Waals surface area contributed by atoms with Gasteiger partial charge in [0.15, 0.2) is 0 Å². The fourth-order valence-corrected chi connectivity index (χ4v) is 2.76. The quantitative estimate of drug-likeness (QED) is 0.824. The largest absolute Gasteiger partial charge is 0.420 e. The number of halogens is 3. The molecule has 0 N–H and O–H groups in total. The molecule has 2 heterocycles. The number of carbonyl (C=O) groups is 1. The van der Waals surface area contributed by atoms with Gasteiger partial charge in [0.2, 0.25) is 17.7 Å². The standard InChI is InChI=1S/C16H16F3N3O3/c1-24-8-13-20-21-15(25-13)12-7-16(18,19)9-22(12)14(23)6-10-2-4-11(17)5-3-10/h2-5,12H,6-9H2,1H3/t12-/m0/s1. The van der Waals surface area contributed by atoms with Crippen LogP contribution in [0.2, 0.25) is 0 Å². The number of alkyl halides is 2. The molecule has 2 aromatic rings. The van der Waals surface area contributed by atoms with Crippen LogP contribution in [-0.4, -0.2) is 40.6 Å². The molecule has 9 heteroatoms. The van der Waals surface area contributed by atoms with Gasteiger partial charge in [-0.1, -0.05) is 12.1 Å². The topological polar surface area (TPSA) is 68.5 Å². The van der Waals surface area contributed by atoms with Crippen LogP contribution in [0.15, 0.2) is 28.7 Å². The molecule has 0 bridgehead atoms. The molecular weight excluding hydrogens is 339 g/mol. The highest BCUT2D eigenvalue weighted by Crippen LogP contribution is 2.40. The van der Waals surface area contributed by atoms with E-state index in [0.29, 0.717) is 5.56 Å². The van der Waals surface area contributed by atoms with E-state index in [1.54, 1.807) is 0 Å². The summed E-state index contributed by atoms with van der Waals surface area (Å²) >= 11 is 0. The molecule has 1 aliphatic rings. The fraction of sp³-hybridized carbons (Fsp3) is 0.438. The van der Waals surface area contributed by atoms with Gasteiger partial charge in [-0.2, -0.15) is 0 Å². The molecule has 3 rings (SSSR count). The third kappa shape index (κ3) is 3.98.